The third kappa shape index (κ3) is 2.37. The van der Waals surface area contributed by atoms with Gasteiger partial charge >= 0.3 is 0 Å². The fourth-order valence-corrected chi connectivity index (χ4v) is 3.13. The van der Waals surface area contributed by atoms with E-state index in [1.54, 1.807) is 12.1 Å². The SMILES string of the molecule is Cc1ccc(-c2n[nH]c(C3Nc4cc(C#N)ccc4N3C)c2O)cc1. The van der Waals surface area contributed by atoms with Crippen LogP contribution in [0.5, 0.6) is 5.75 Å². The average Bonchev–Trinajstić information content (AvgIpc) is 3.15. The third-order valence-electron chi connectivity index (χ3n) is 4.55. The lowest BCUT2D eigenvalue weighted by Crippen LogP contribution is -2.24. The van der Waals surface area contributed by atoms with Crippen LogP contribution in [0.25, 0.3) is 11.3 Å². The highest BCUT2D eigenvalue weighted by atomic mass is 16.3. The van der Waals surface area contributed by atoms with E-state index in [2.05, 4.69) is 21.6 Å². The zero-order valence-corrected chi connectivity index (χ0v) is 13.9. The Morgan fingerprint density at radius 3 is 2.68 bits per heavy atom. The molecule has 4 rings (SSSR count). The monoisotopic (exact) mass is 331 g/mol. The molecule has 0 fully saturated rings. The van der Waals surface area contributed by atoms with Crippen molar-refractivity contribution in [1.82, 2.24) is 10.2 Å². The van der Waals surface area contributed by atoms with Crippen molar-refractivity contribution >= 4 is 11.4 Å². The molecule has 1 unspecified atom stereocenters. The van der Waals surface area contributed by atoms with Gasteiger partial charge in [0.15, 0.2) is 5.75 Å². The number of nitrogens with zero attached hydrogens (tertiary/aromatic N) is 3. The van der Waals surface area contributed by atoms with Crippen molar-refractivity contribution in [2.75, 3.05) is 17.3 Å². The smallest absolute Gasteiger partial charge is 0.168 e. The van der Waals surface area contributed by atoms with Crippen LogP contribution >= 0.6 is 0 Å². The van der Waals surface area contributed by atoms with Crippen molar-refractivity contribution < 1.29 is 5.11 Å². The van der Waals surface area contributed by atoms with Gasteiger partial charge < -0.3 is 15.3 Å². The van der Waals surface area contributed by atoms with Crippen LogP contribution < -0.4 is 10.2 Å². The summed E-state index contributed by atoms with van der Waals surface area (Å²) in [4.78, 5) is 2.00. The standard InChI is InChI=1S/C19H17N5O/c1-11-3-6-13(7-4-11)16-18(25)17(23-22-16)19-21-14-9-12(10-20)5-8-15(14)24(19)2/h3-9,19,21,25H,1-2H3,(H,22,23). The van der Waals surface area contributed by atoms with Gasteiger partial charge in [0.25, 0.3) is 0 Å². The van der Waals surface area contributed by atoms with E-state index in [-0.39, 0.29) is 11.9 Å². The summed E-state index contributed by atoms with van der Waals surface area (Å²) >= 11 is 0. The summed E-state index contributed by atoms with van der Waals surface area (Å²) in [7, 11) is 1.93. The van der Waals surface area contributed by atoms with E-state index in [1.165, 1.54) is 0 Å². The molecule has 6 nitrogen and oxygen atoms in total. The van der Waals surface area contributed by atoms with Crippen LogP contribution in [0.3, 0.4) is 0 Å². The summed E-state index contributed by atoms with van der Waals surface area (Å²) in [5, 5.41) is 30.3. The van der Waals surface area contributed by atoms with Gasteiger partial charge in [-0.1, -0.05) is 29.8 Å². The molecule has 25 heavy (non-hydrogen) atoms. The zero-order chi connectivity index (χ0) is 17.6. The first-order valence-electron chi connectivity index (χ1n) is 7.96. The Morgan fingerprint density at radius 1 is 1.20 bits per heavy atom. The molecule has 1 aromatic heterocycles. The molecule has 0 bridgehead atoms. The van der Waals surface area contributed by atoms with Crippen molar-refractivity contribution in [2.24, 2.45) is 0 Å². The molecule has 124 valence electrons. The number of anilines is 2. The topological polar surface area (TPSA) is 88.0 Å². The molecule has 3 aromatic rings. The van der Waals surface area contributed by atoms with Gasteiger partial charge in [-0.2, -0.15) is 10.4 Å². The van der Waals surface area contributed by atoms with Crippen molar-refractivity contribution in [3.63, 3.8) is 0 Å². The third-order valence-corrected chi connectivity index (χ3v) is 4.55. The van der Waals surface area contributed by atoms with Gasteiger partial charge in [0.1, 0.15) is 17.6 Å². The van der Waals surface area contributed by atoms with Crippen LogP contribution in [0.1, 0.15) is 23.0 Å². The number of rotatable bonds is 2. The van der Waals surface area contributed by atoms with E-state index in [4.69, 9.17) is 5.26 Å². The van der Waals surface area contributed by atoms with Gasteiger partial charge in [-0.3, -0.25) is 5.10 Å². The second kappa shape index (κ2) is 5.56. The molecule has 0 radical (unpaired) electrons. The molecule has 2 heterocycles. The number of hydrogen-bond acceptors (Lipinski definition) is 5. The Kier molecular flexibility index (Phi) is 3.36. The van der Waals surface area contributed by atoms with Crippen LogP contribution in [0.15, 0.2) is 42.5 Å². The molecule has 6 heteroatoms. The largest absolute Gasteiger partial charge is 0.504 e. The first kappa shape index (κ1) is 15.1. The number of aromatic nitrogens is 2. The summed E-state index contributed by atoms with van der Waals surface area (Å²) in [6.45, 7) is 2.02. The van der Waals surface area contributed by atoms with E-state index in [1.807, 2.05) is 49.2 Å². The Bertz CT molecular complexity index is 984. The maximum absolute atomic E-state index is 10.7. The molecular weight excluding hydrogens is 314 g/mol. The number of hydrogen-bond donors (Lipinski definition) is 3. The highest BCUT2D eigenvalue weighted by Crippen LogP contribution is 2.43. The lowest BCUT2D eigenvalue weighted by Gasteiger charge is -2.20. The molecule has 0 saturated carbocycles. The van der Waals surface area contributed by atoms with E-state index in [9.17, 15) is 5.11 Å². The predicted octanol–water partition coefficient (Wildman–Crippen LogP) is 3.52. The fourth-order valence-electron chi connectivity index (χ4n) is 3.13. The zero-order valence-electron chi connectivity index (χ0n) is 13.9. The molecule has 3 N–H and O–H groups in total. The normalized spacial score (nSPS) is 15.6. The fraction of sp³-hybridized carbons (Fsp3) is 0.158. The quantitative estimate of drug-likeness (QED) is 0.668. The molecule has 0 aliphatic carbocycles. The van der Waals surface area contributed by atoms with Crippen LogP contribution in [-0.4, -0.2) is 22.4 Å². The highest BCUT2D eigenvalue weighted by Gasteiger charge is 2.32. The summed E-state index contributed by atoms with van der Waals surface area (Å²) < 4.78 is 0. The van der Waals surface area contributed by atoms with Crippen LogP contribution in [0.4, 0.5) is 11.4 Å². The molecule has 1 aliphatic rings. The number of fused-ring (bicyclic) bond motifs is 1. The van der Waals surface area contributed by atoms with E-state index in [0.29, 0.717) is 17.0 Å². The van der Waals surface area contributed by atoms with Gasteiger partial charge in [-0.15, -0.1) is 0 Å². The number of nitrogens with one attached hydrogen (secondary N) is 2. The number of aromatic amines is 1. The molecule has 0 amide bonds. The maximum atomic E-state index is 10.7. The Hall–Kier alpha value is -3.46. The van der Waals surface area contributed by atoms with Crippen LogP contribution in [0.2, 0.25) is 0 Å². The minimum absolute atomic E-state index is 0.126. The predicted molar refractivity (Wildman–Crippen MR) is 96.3 cm³/mol. The van der Waals surface area contributed by atoms with Gasteiger partial charge in [-0.25, -0.2) is 0 Å². The molecule has 1 aliphatic heterocycles. The minimum Gasteiger partial charge on any atom is -0.504 e. The molecule has 0 spiro atoms. The van der Waals surface area contributed by atoms with Crippen LogP contribution in [-0.2, 0) is 0 Å². The Balaban J connectivity index is 1.70. The maximum Gasteiger partial charge on any atom is 0.168 e. The highest BCUT2D eigenvalue weighted by molar-refractivity contribution is 5.79. The summed E-state index contributed by atoms with van der Waals surface area (Å²) in [5.41, 5.74) is 5.55. The molecule has 1 atom stereocenters. The first-order chi connectivity index (χ1) is 12.1. The van der Waals surface area contributed by atoms with E-state index < -0.39 is 0 Å². The molecule has 0 saturated heterocycles. The lowest BCUT2D eigenvalue weighted by molar-refractivity contribution is 0.465. The summed E-state index contributed by atoms with van der Waals surface area (Å²) in [6.07, 6.45) is -0.282. The van der Waals surface area contributed by atoms with Crippen molar-refractivity contribution in [1.29, 1.82) is 5.26 Å². The first-order valence-corrected chi connectivity index (χ1v) is 7.96. The summed E-state index contributed by atoms with van der Waals surface area (Å²) in [5.74, 6) is 0.126. The van der Waals surface area contributed by atoms with E-state index in [0.717, 1.165) is 22.5 Å². The number of aromatic hydroxyl groups is 1. The number of H-pyrrole nitrogens is 1. The minimum atomic E-state index is -0.282. The van der Waals surface area contributed by atoms with Gasteiger partial charge in [0.05, 0.1) is 23.0 Å². The summed E-state index contributed by atoms with van der Waals surface area (Å²) in [6, 6.07) is 15.5. The molecule has 2 aromatic carbocycles. The van der Waals surface area contributed by atoms with Gasteiger partial charge in [0, 0.05) is 12.6 Å². The van der Waals surface area contributed by atoms with Crippen molar-refractivity contribution in [3.05, 3.63) is 59.3 Å². The number of benzene rings is 2. The number of nitriles is 1. The second-order valence-corrected chi connectivity index (χ2v) is 6.20. The Labute approximate surface area is 145 Å². The molecular formula is C19H17N5O. The van der Waals surface area contributed by atoms with Crippen molar-refractivity contribution in [2.45, 2.75) is 13.1 Å². The van der Waals surface area contributed by atoms with Gasteiger partial charge in [0.2, 0.25) is 0 Å². The van der Waals surface area contributed by atoms with Crippen LogP contribution in [0, 0.1) is 18.3 Å². The Morgan fingerprint density at radius 2 is 1.96 bits per heavy atom. The second-order valence-electron chi connectivity index (χ2n) is 6.20. The average molecular weight is 331 g/mol. The van der Waals surface area contributed by atoms with E-state index >= 15 is 0 Å². The number of aryl methyl sites for hydroxylation is 1. The lowest BCUT2D eigenvalue weighted by atomic mass is 10.1. The van der Waals surface area contributed by atoms with Crippen molar-refractivity contribution in [3.8, 4) is 23.1 Å². The van der Waals surface area contributed by atoms with Gasteiger partial charge in [-0.05, 0) is 25.1 Å².